The molecular weight excluding hydrogens is 362 g/mol. The van der Waals surface area contributed by atoms with Gasteiger partial charge in [0.25, 0.3) is 0 Å². The predicted octanol–water partition coefficient (Wildman–Crippen LogP) is 3.50. The van der Waals surface area contributed by atoms with Gasteiger partial charge in [-0.15, -0.1) is 11.3 Å². The van der Waals surface area contributed by atoms with E-state index in [2.05, 4.69) is 10.4 Å². The maximum absolute atomic E-state index is 12.1. The number of rotatable bonds is 7. The van der Waals surface area contributed by atoms with E-state index < -0.39 is 0 Å². The molecule has 0 radical (unpaired) electrons. The van der Waals surface area contributed by atoms with Crippen LogP contribution in [0.3, 0.4) is 0 Å². The molecule has 7 heteroatoms. The van der Waals surface area contributed by atoms with Crippen LogP contribution in [0.25, 0.3) is 16.6 Å². The molecule has 0 spiro atoms. The van der Waals surface area contributed by atoms with Gasteiger partial charge in [-0.1, -0.05) is 12.1 Å². The van der Waals surface area contributed by atoms with Crippen molar-refractivity contribution in [2.24, 2.45) is 7.05 Å². The Balaban J connectivity index is 1.61. The van der Waals surface area contributed by atoms with E-state index in [9.17, 15) is 4.79 Å². The first-order chi connectivity index (χ1) is 13.1. The monoisotopic (exact) mass is 383 g/mol. The number of ether oxygens (including phenoxy) is 2. The Labute approximate surface area is 162 Å². The fraction of sp³-hybridized carbons (Fsp3) is 0.200. The zero-order valence-electron chi connectivity index (χ0n) is 15.4. The van der Waals surface area contributed by atoms with Crippen molar-refractivity contribution in [1.29, 1.82) is 0 Å². The van der Waals surface area contributed by atoms with Crippen LogP contribution in [-0.4, -0.2) is 29.9 Å². The molecule has 3 aromatic rings. The summed E-state index contributed by atoms with van der Waals surface area (Å²) in [5.74, 6) is 1.09. The first-order valence-corrected chi connectivity index (χ1v) is 9.23. The number of nitrogens with one attached hydrogen (secondary N) is 1. The van der Waals surface area contributed by atoms with Crippen LogP contribution in [0.5, 0.6) is 11.5 Å². The van der Waals surface area contributed by atoms with Gasteiger partial charge in [0, 0.05) is 13.1 Å². The Morgan fingerprint density at radius 1 is 1.22 bits per heavy atom. The summed E-state index contributed by atoms with van der Waals surface area (Å²) in [5, 5.41) is 9.39. The number of methoxy groups -OCH3 is 2. The largest absolute Gasteiger partial charge is 0.493 e. The number of hydrogen-bond acceptors (Lipinski definition) is 5. The molecule has 2 aromatic heterocycles. The number of thiophene rings is 1. The Morgan fingerprint density at radius 2 is 2.04 bits per heavy atom. The van der Waals surface area contributed by atoms with E-state index in [0.717, 1.165) is 21.8 Å². The summed E-state index contributed by atoms with van der Waals surface area (Å²) in [7, 11) is 5.04. The lowest BCUT2D eigenvalue weighted by molar-refractivity contribution is -0.116. The van der Waals surface area contributed by atoms with Gasteiger partial charge >= 0.3 is 0 Å². The summed E-state index contributed by atoms with van der Waals surface area (Å²) in [6, 6.07) is 11.5. The van der Waals surface area contributed by atoms with Crippen LogP contribution in [-0.2, 0) is 18.4 Å². The third-order valence-electron chi connectivity index (χ3n) is 4.03. The van der Waals surface area contributed by atoms with E-state index in [0.29, 0.717) is 18.0 Å². The normalized spacial score (nSPS) is 10.9. The van der Waals surface area contributed by atoms with E-state index in [1.807, 2.05) is 42.8 Å². The van der Waals surface area contributed by atoms with E-state index in [-0.39, 0.29) is 5.91 Å². The van der Waals surface area contributed by atoms with Crippen molar-refractivity contribution < 1.29 is 14.3 Å². The summed E-state index contributed by atoms with van der Waals surface area (Å²) in [6.07, 6.45) is 3.23. The molecule has 1 aromatic carbocycles. The molecule has 1 N–H and O–H groups in total. The highest BCUT2D eigenvalue weighted by molar-refractivity contribution is 7.13. The van der Waals surface area contributed by atoms with E-state index in [1.54, 1.807) is 42.4 Å². The molecule has 2 heterocycles. The van der Waals surface area contributed by atoms with Gasteiger partial charge in [0.05, 0.1) is 31.3 Å². The van der Waals surface area contributed by atoms with Gasteiger partial charge in [0.2, 0.25) is 5.91 Å². The molecule has 6 nitrogen and oxygen atoms in total. The van der Waals surface area contributed by atoms with Crippen LogP contribution in [0, 0.1) is 0 Å². The number of amides is 1. The molecule has 0 saturated heterocycles. The Bertz CT molecular complexity index is 946. The standard InChI is InChI=1S/C20H21N3O3S/c1-23-15(12-16(22-23)19-5-4-10-27-19)13-21-20(24)9-7-14-6-8-17(25-2)18(11-14)26-3/h4-12H,13H2,1-3H3,(H,21,24)/b9-7+. The van der Waals surface area contributed by atoms with Crippen molar-refractivity contribution in [3.05, 3.63) is 59.1 Å². The van der Waals surface area contributed by atoms with Crippen molar-refractivity contribution in [1.82, 2.24) is 15.1 Å². The second-order valence-corrected chi connectivity index (χ2v) is 6.74. The van der Waals surface area contributed by atoms with Crippen LogP contribution in [0.1, 0.15) is 11.3 Å². The predicted molar refractivity (Wildman–Crippen MR) is 107 cm³/mol. The minimum absolute atomic E-state index is 0.177. The number of aromatic nitrogens is 2. The van der Waals surface area contributed by atoms with Gasteiger partial charge < -0.3 is 14.8 Å². The van der Waals surface area contributed by atoms with Crippen LogP contribution in [0.2, 0.25) is 0 Å². The molecule has 0 unspecified atom stereocenters. The lowest BCUT2D eigenvalue weighted by Crippen LogP contribution is -2.21. The quantitative estimate of drug-likeness (QED) is 0.634. The molecule has 0 atom stereocenters. The highest BCUT2D eigenvalue weighted by Crippen LogP contribution is 2.28. The van der Waals surface area contributed by atoms with Crippen molar-refractivity contribution in [3.63, 3.8) is 0 Å². The maximum atomic E-state index is 12.1. The third kappa shape index (κ3) is 4.57. The van der Waals surface area contributed by atoms with E-state index in [4.69, 9.17) is 9.47 Å². The van der Waals surface area contributed by atoms with Crippen LogP contribution >= 0.6 is 11.3 Å². The van der Waals surface area contributed by atoms with Gasteiger partial charge in [-0.2, -0.15) is 5.10 Å². The Hall–Kier alpha value is -3.06. The molecule has 0 fully saturated rings. The number of nitrogens with zero attached hydrogens (tertiary/aromatic N) is 2. The summed E-state index contributed by atoms with van der Waals surface area (Å²) >= 11 is 1.64. The second-order valence-electron chi connectivity index (χ2n) is 5.79. The average molecular weight is 383 g/mol. The SMILES string of the molecule is COc1ccc(/C=C/C(=O)NCc2cc(-c3cccs3)nn2C)cc1OC. The molecule has 27 heavy (non-hydrogen) atoms. The first kappa shape index (κ1) is 18.7. The summed E-state index contributed by atoms with van der Waals surface area (Å²) < 4.78 is 12.3. The van der Waals surface area contributed by atoms with Crippen molar-refractivity contribution in [2.75, 3.05) is 14.2 Å². The summed E-state index contributed by atoms with van der Waals surface area (Å²) in [5.41, 5.74) is 2.70. The molecular formula is C20H21N3O3S. The Morgan fingerprint density at radius 3 is 2.74 bits per heavy atom. The third-order valence-corrected chi connectivity index (χ3v) is 4.92. The van der Waals surface area contributed by atoms with Crippen molar-refractivity contribution in [3.8, 4) is 22.1 Å². The zero-order valence-corrected chi connectivity index (χ0v) is 16.2. The van der Waals surface area contributed by atoms with Gasteiger partial charge in [-0.25, -0.2) is 0 Å². The number of carbonyl (C=O) groups excluding carboxylic acids is 1. The number of benzene rings is 1. The molecule has 0 bridgehead atoms. The van der Waals surface area contributed by atoms with Crippen molar-refractivity contribution in [2.45, 2.75) is 6.54 Å². The summed E-state index contributed by atoms with van der Waals surface area (Å²) in [4.78, 5) is 13.2. The van der Waals surface area contributed by atoms with Crippen LogP contribution in [0.15, 0.2) is 47.9 Å². The molecule has 0 aliphatic carbocycles. The number of aryl methyl sites for hydroxylation is 1. The second kappa shape index (κ2) is 8.55. The fourth-order valence-corrected chi connectivity index (χ4v) is 3.26. The van der Waals surface area contributed by atoms with Gasteiger partial charge in [0.1, 0.15) is 5.69 Å². The van der Waals surface area contributed by atoms with E-state index >= 15 is 0 Å². The molecule has 1 amide bonds. The van der Waals surface area contributed by atoms with E-state index in [1.165, 1.54) is 6.08 Å². The molecule has 140 valence electrons. The van der Waals surface area contributed by atoms with Gasteiger partial charge in [-0.3, -0.25) is 9.48 Å². The van der Waals surface area contributed by atoms with Crippen LogP contribution < -0.4 is 14.8 Å². The highest BCUT2D eigenvalue weighted by Gasteiger charge is 2.09. The summed E-state index contributed by atoms with van der Waals surface area (Å²) in [6.45, 7) is 0.407. The fourth-order valence-electron chi connectivity index (χ4n) is 2.58. The molecule has 0 saturated carbocycles. The number of hydrogen-bond donors (Lipinski definition) is 1. The minimum Gasteiger partial charge on any atom is -0.493 e. The zero-order chi connectivity index (χ0) is 19.2. The average Bonchev–Trinajstić information content (AvgIpc) is 3.34. The smallest absolute Gasteiger partial charge is 0.244 e. The minimum atomic E-state index is -0.177. The molecule has 3 rings (SSSR count). The van der Waals surface area contributed by atoms with Gasteiger partial charge in [-0.05, 0) is 41.3 Å². The molecule has 0 aliphatic rings. The van der Waals surface area contributed by atoms with Crippen LogP contribution in [0.4, 0.5) is 0 Å². The topological polar surface area (TPSA) is 65.4 Å². The van der Waals surface area contributed by atoms with Gasteiger partial charge in [0.15, 0.2) is 11.5 Å². The first-order valence-electron chi connectivity index (χ1n) is 8.35. The van der Waals surface area contributed by atoms with Crippen molar-refractivity contribution >= 4 is 23.3 Å². The number of carbonyl (C=O) groups is 1. The molecule has 0 aliphatic heterocycles. The lowest BCUT2D eigenvalue weighted by atomic mass is 10.2. The highest BCUT2D eigenvalue weighted by atomic mass is 32.1. The Kier molecular flexibility index (Phi) is 5.93. The lowest BCUT2D eigenvalue weighted by Gasteiger charge is -2.07. The maximum Gasteiger partial charge on any atom is 0.244 e.